The van der Waals surface area contributed by atoms with Gasteiger partial charge >= 0.3 is 16.1 Å². The third-order valence-corrected chi connectivity index (χ3v) is 7.36. The van der Waals surface area contributed by atoms with Crippen LogP contribution >= 0.6 is 15.9 Å². The predicted octanol–water partition coefficient (Wildman–Crippen LogP) is 4.50. The molecule has 1 N–H and O–H groups in total. The first-order valence-electron chi connectivity index (χ1n) is 10.3. The molecule has 0 atom stereocenters. The van der Waals surface area contributed by atoms with Crippen molar-refractivity contribution in [1.29, 1.82) is 0 Å². The number of carbonyl (C=O) groups excluding carboxylic acids is 3. The van der Waals surface area contributed by atoms with Crippen LogP contribution in [0, 0.1) is 13.8 Å². The normalized spacial score (nSPS) is 15.3. The predicted molar refractivity (Wildman–Crippen MR) is 133 cm³/mol. The second-order valence-electron chi connectivity index (χ2n) is 7.81. The molecular formula is C25H19BrN2O6S. The molecule has 1 aliphatic rings. The molecule has 0 saturated carbocycles. The molecule has 0 aliphatic carbocycles. The fourth-order valence-electron chi connectivity index (χ4n) is 3.33. The van der Waals surface area contributed by atoms with Crippen LogP contribution in [0.1, 0.15) is 16.7 Å². The summed E-state index contributed by atoms with van der Waals surface area (Å²) in [4.78, 5) is 38.7. The molecule has 1 fully saturated rings. The summed E-state index contributed by atoms with van der Waals surface area (Å²) in [6.45, 7) is 3.65. The monoisotopic (exact) mass is 554 g/mol. The quantitative estimate of drug-likeness (QED) is 0.282. The number of halogens is 1. The Morgan fingerprint density at radius 1 is 0.914 bits per heavy atom. The molecule has 0 radical (unpaired) electrons. The van der Waals surface area contributed by atoms with E-state index in [2.05, 4.69) is 21.2 Å². The highest BCUT2D eigenvalue weighted by Gasteiger charge is 2.36. The largest absolute Gasteiger partial charge is 0.379 e. The Balaban J connectivity index is 1.58. The minimum absolute atomic E-state index is 0.0201. The average Bonchev–Trinajstić information content (AvgIpc) is 2.80. The van der Waals surface area contributed by atoms with Gasteiger partial charge in [0.05, 0.1) is 5.69 Å². The molecule has 1 heterocycles. The fraction of sp³-hybridized carbons (Fsp3) is 0.0800. The van der Waals surface area contributed by atoms with Crippen LogP contribution in [-0.2, 0) is 19.7 Å². The Labute approximate surface area is 210 Å². The number of nitrogens with zero attached hydrogens (tertiary/aromatic N) is 1. The van der Waals surface area contributed by atoms with Gasteiger partial charge in [0.2, 0.25) is 0 Å². The van der Waals surface area contributed by atoms with Gasteiger partial charge in [-0.1, -0.05) is 45.8 Å². The highest BCUT2D eigenvalue weighted by atomic mass is 79.9. The van der Waals surface area contributed by atoms with E-state index >= 15 is 0 Å². The standard InChI is InChI=1S/C25H19BrN2O6S/c1-15-3-10-20(11-4-15)35(32,33)34-19-8-5-17(6-9-19)14-21-23(29)27-25(31)28(24(21)30)18-7-12-22(26)16(2)13-18/h3-14H,1-2H3,(H,27,29,31)/b21-14-. The number of benzene rings is 3. The third-order valence-electron chi connectivity index (χ3n) is 5.21. The lowest BCUT2D eigenvalue weighted by Gasteiger charge is -2.26. The summed E-state index contributed by atoms with van der Waals surface area (Å²) < 4.78 is 30.9. The zero-order valence-corrected chi connectivity index (χ0v) is 21.0. The zero-order chi connectivity index (χ0) is 25.3. The van der Waals surface area contributed by atoms with Gasteiger partial charge in [0.25, 0.3) is 11.8 Å². The Kier molecular flexibility index (Phi) is 6.60. The lowest BCUT2D eigenvalue weighted by atomic mass is 10.1. The molecule has 3 aromatic rings. The first-order valence-corrected chi connectivity index (χ1v) is 12.5. The molecule has 4 rings (SSSR count). The smallest absolute Gasteiger partial charge is 0.339 e. The van der Waals surface area contributed by atoms with Crippen LogP contribution in [0.25, 0.3) is 6.08 Å². The maximum Gasteiger partial charge on any atom is 0.339 e. The minimum atomic E-state index is -4.02. The number of nitrogens with one attached hydrogen (secondary N) is 1. The van der Waals surface area contributed by atoms with Crippen LogP contribution in [0.5, 0.6) is 5.75 Å². The molecule has 35 heavy (non-hydrogen) atoms. The Morgan fingerprint density at radius 2 is 1.57 bits per heavy atom. The highest BCUT2D eigenvalue weighted by Crippen LogP contribution is 2.27. The van der Waals surface area contributed by atoms with Crippen LogP contribution < -0.4 is 14.4 Å². The van der Waals surface area contributed by atoms with Crippen molar-refractivity contribution in [2.24, 2.45) is 0 Å². The van der Waals surface area contributed by atoms with Crippen molar-refractivity contribution >= 4 is 55.7 Å². The van der Waals surface area contributed by atoms with Crippen LogP contribution in [0.15, 0.2) is 81.7 Å². The van der Waals surface area contributed by atoms with E-state index in [1.807, 2.05) is 13.8 Å². The molecule has 0 unspecified atom stereocenters. The van der Waals surface area contributed by atoms with E-state index in [9.17, 15) is 22.8 Å². The average molecular weight is 555 g/mol. The molecule has 1 aliphatic heterocycles. The van der Waals surface area contributed by atoms with Gasteiger partial charge in [-0.25, -0.2) is 9.69 Å². The van der Waals surface area contributed by atoms with E-state index in [0.29, 0.717) is 11.3 Å². The second kappa shape index (κ2) is 9.47. The summed E-state index contributed by atoms with van der Waals surface area (Å²) in [6.07, 6.45) is 1.32. The molecule has 0 spiro atoms. The molecule has 0 bridgehead atoms. The summed E-state index contributed by atoms with van der Waals surface area (Å²) in [5.74, 6) is -1.54. The molecular weight excluding hydrogens is 536 g/mol. The second-order valence-corrected chi connectivity index (χ2v) is 10.2. The Morgan fingerprint density at radius 3 is 2.20 bits per heavy atom. The first kappa shape index (κ1) is 24.4. The van der Waals surface area contributed by atoms with Gasteiger partial charge in [0, 0.05) is 4.47 Å². The van der Waals surface area contributed by atoms with Gasteiger partial charge in [0.1, 0.15) is 16.2 Å². The van der Waals surface area contributed by atoms with Crippen molar-refractivity contribution in [2.75, 3.05) is 4.90 Å². The van der Waals surface area contributed by atoms with Crippen molar-refractivity contribution in [3.8, 4) is 5.75 Å². The maximum absolute atomic E-state index is 13.0. The van der Waals surface area contributed by atoms with E-state index in [1.54, 1.807) is 30.3 Å². The summed E-state index contributed by atoms with van der Waals surface area (Å²) in [5, 5.41) is 2.17. The SMILES string of the molecule is Cc1ccc(S(=O)(=O)Oc2ccc(/C=C3/C(=O)NC(=O)N(c4ccc(Br)c(C)c4)C3=O)cc2)cc1. The van der Waals surface area contributed by atoms with Gasteiger partial charge in [0.15, 0.2) is 0 Å². The van der Waals surface area contributed by atoms with E-state index < -0.39 is 28.0 Å². The molecule has 10 heteroatoms. The number of hydrogen-bond acceptors (Lipinski definition) is 6. The third kappa shape index (κ3) is 5.18. The lowest BCUT2D eigenvalue weighted by molar-refractivity contribution is -0.122. The van der Waals surface area contributed by atoms with Crippen molar-refractivity contribution in [3.63, 3.8) is 0 Å². The van der Waals surface area contributed by atoms with Crippen LogP contribution in [0.4, 0.5) is 10.5 Å². The first-order chi connectivity index (χ1) is 16.5. The summed E-state index contributed by atoms with van der Waals surface area (Å²) in [7, 11) is -4.02. The van der Waals surface area contributed by atoms with Crippen molar-refractivity contribution in [3.05, 3.63) is 93.5 Å². The van der Waals surface area contributed by atoms with E-state index in [0.717, 1.165) is 20.5 Å². The molecule has 8 nitrogen and oxygen atoms in total. The van der Waals surface area contributed by atoms with Gasteiger partial charge in [-0.15, -0.1) is 0 Å². The van der Waals surface area contributed by atoms with Crippen LogP contribution in [-0.4, -0.2) is 26.3 Å². The summed E-state index contributed by atoms with van der Waals surface area (Å²) in [6, 6.07) is 16.2. The fourth-order valence-corrected chi connectivity index (χ4v) is 4.50. The zero-order valence-electron chi connectivity index (χ0n) is 18.6. The molecule has 0 aromatic heterocycles. The number of urea groups is 1. The van der Waals surface area contributed by atoms with Crippen LogP contribution in [0.2, 0.25) is 0 Å². The number of aryl methyl sites for hydroxylation is 2. The minimum Gasteiger partial charge on any atom is -0.379 e. The number of amides is 4. The molecule has 4 amide bonds. The van der Waals surface area contributed by atoms with Crippen molar-refractivity contribution in [2.45, 2.75) is 18.7 Å². The topological polar surface area (TPSA) is 110 Å². The summed E-state index contributed by atoms with van der Waals surface area (Å²) in [5.41, 5.74) is 2.23. The number of imide groups is 2. The molecule has 1 saturated heterocycles. The van der Waals surface area contributed by atoms with Gasteiger partial charge in [-0.05, 0) is 73.5 Å². The van der Waals surface area contributed by atoms with Gasteiger partial charge in [-0.3, -0.25) is 14.9 Å². The lowest BCUT2D eigenvalue weighted by Crippen LogP contribution is -2.54. The van der Waals surface area contributed by atoms with Crippen LogP contribution in [0.3, 0.4) is 0 Å². The van der Waals surface area contributed by atoms with E-state index in [4.69, 9.17) is 4.18 Å². The van der Waals surface area contributed by atoms with E-state index in [1.165, 1.54) is 42.5 Å². The van der Waals surface area contributed by atoms with Crippen molar-refractivity contribution < 1.29 is 27.0 Å². The number of anilines is 1. The number of hydrogen-bond donors (Lipinski definition) is 1. The van der Waals surface area contributed by atoms with Crippen molar-refractivity contribution in [1.82, 2.24) is 5.32 Å². The molecule has 3 aromatic carbocycles. The maximum atomic E-state index is 13.0. The number of carbonyl (C=O) groups is 3. The molecule has 178 valence electrons. The van der Waals surface area contributed by atoms with Gasteiger partial charge < -0.3 is 4.18 Å². The van der Waals surface area contributed by atoms with E-state index in [-0.39, 0.29) is 16.2 Å². The Hall–Kier alpha value is -3.76. The number of barbiturate groups is 1. The Bertz CT molecular complexity index is 1480. The highest BCUT2D eigenvalue weighted by molar-refractivity contribution is 9.10. The summed E-state index contributed by atoms with van der Waals surface area (Å²) >= 11 is 3.37. The number of rotatable bonds is 5. The van der Waals surface area contributed by atoms with Gasteiger partial charge in [-0.2, -0.15) is 8.42 Å².